The number of rotatable bonds is 7. The molecule has 0 saturated heterocycles. The van der Waals surface area contributed by atoms with Crippen molar-refractivity contribution in [3.05, 3.63) is 88.9 Å². The van der Waals surface area contributed by atoms with Crippen LogP contribution in [0.15, 0.2) is 66.5 Å². The fourth-order valence-electron chi connectivity index (χ4n) is 3.75. The molecule has 0 atom stereocenters. The summed E-state index contributed by atoms with van der Waals surface area (Å²) in [6, 6.07) is 16.5. The van der Waals surface area contributed by atoms with Crippen molar-refractivity contribution in [2.45, 2.75) is 20.4 Å². The van der Waals surface area contributed by atoms with Gasteiger partial charge in [0, 0.05) is 11.9 Å². The lowest BCUT2D eigenvalue weighted by atomic mass is 10.0. The van der Waals surface area contributed by atoms with Crippen molar-refractivity contribution in [1.29, 1.82) is 0 Å². The van der Waals surface area contributed by atoms with Gasteiger partial charge >= 0.3 is 0 Å². The number of nitrogens with zero attached hydrogens (tertiary/aromatic N) is 2. The van der Waals surface area contributed by atoms with Gasteiger partial charge in [0.25, 0.3) is 11.8 Å². The largest absolute Gasteiger partial charge is 0.493 e. The second-order valence-corrected chi connectivity index (χ2v) is 7.78. The van der Waals surface area contributed by atoms with E-state index in [1.807, 2.05) is 38.1 Å². The normalized spacial score (nSPS) is 13.5. The van der Waals surface area contributed by atoms with E-state index in [1.54, 1.807) is 43.6 Å². The van der Waals surface area contributed by atoms with E-state index in [2.05, 4.69) is 10.3 Å². The molecule has 7 heteroatoms. The van der Waals surface area contributed by atoms with Crippen LogP contribution >= 0.6 is 0 Å². The molecule has 0 saturated carbocycles. The molecule has 0 spiro atoms. The fourth-order valence-corrected chi connectivity index (χ4v) is 3.75. The Bertz CT molecular complexity index is 1250. The molecule has 4 rings (SSSR count). The summed E-state index contributed by atoms with van der Waals surface area (Å²) in [6.45, 7) is 4.00. The van der Waals surface area contributed by atoms with Gasteiger partial charge in [-0.2, -0.15) is 0 Å². The number of imide groups is 1. The zero-order chi connectivity index (χ0) is 23.5. The van der Waals surface area contributed by atoms with Gasteiger partial charge in [-0.1, -0.05) is 24.3 Å². The molecule has 0 fully saturated rings. The molecule has 1 N–H and O–H groups in total. The molecule has 2 aromatic carbocycles. The van der Waals surface area contributed by atoms with Gasteiger partial charge in [0.1, 0.15) is 5.70 Å². The Morgan fingerprint density at radius 1 is 0.909 bits per heavy atom. The Hall–Kier alpha value is -4.13. The molecule has 0 radical (unpaired) electrons. The molecule has 0 bridgehead atoms. The van der Waals surface area contributed by atoms with Crippen molar-refractivity contribution >= 4 is 23.1 Å². The summed E-state index contributed by atoms with van der Waals surface area (Å²) in [6.07, 6.45) is 1.64. The average Bonchev–Trinajstić information content (AvgIpc) is 3.05. The second-order valence-electron chi connectivity index (χ2n) is 7.78. The van der Waals surface area contributed by atoms with E-state index in [0.717, 1.165) is 16.8 Å². The monoisotopic (exact) mass is 443 g/mol. The lowest BCUT2D eigenvalue weighted by Gasteiger charge is -2.15. The highest BCUT2D eigenvalue weighted by Gasteiger charge is 2.39. The van der Waals surface area contributed by atoms with Crippen LogP contribution in [0, 0.1) is 13.8 Å². The molecule has 1 aromatic heterocycles. The third-order valence-corrected chi connectivity index (χ3v) is 5.54. The topological polar surface area (TPSA) is 80.8 Å². The van der Waals surface area contributed by atoms with Gasteiger partial charge in [-0.3, -0.25) is 19.5 Å². The van der Waals surface area contributed by atoms with Crippen LogP contribution in [0.4, 0.5) is 5.69 Å². The summed E-state index contributed by atoms with van der Waals surface area (Å²) in [4.78, 5) is 32.5. The first-order valence-electron chi connectivity index (χ1n) is 10.5. The number of aromatic nitrogens is 1. The Morgan fingerprint density at radius 2 is 1.70 bits per heavy atom. The van der Waals surface area contributed by atoms with Crippen LogP contribution < -0.4 is 14.8 Å². The van der Waals surface area contributed by atoms with Gasteiger partial charge in [-0.25, -0.2) is 0 Å². The SMILES string of the molecule is COc1ccc(C2=C(Nc3cc(C)ccc3C)C(=O)N(Cc3ccccn3)C2=O)cc1OC. The van der Waals surface area contributed by atoms with Crippen molar-refractivity contribution in [3.8, 4) is 11.5 Å². The number of ether oxygens (including phenoxy) is 2. The summed E-state index contributed by atoms with van der Waals surface area (Å²) in [5, 5.41) is 3.24. The van der Waals surface area contributed by atoms with E-state index in [0.29, 0.717) is 22.8 Å². The maximum absolute atomic E-state index is 13.5. The summed E-state index contributed by atoms with van der Waals surface area (Å²) in [7, 11) is 3.07. The number of benzene rings is 2. The van der Waals surface area contributed by atoms with Crippen LogP contribution in [0.5, 0.6) is 11.5 Å². The number of carbonyl (C=O) groups excluding carboxylic acids is 2. The molecule has 2 heterocycles. The maximum Gasteiger partial charge on any atom is 0.278 e. The first-order chi connectivity index (χ1) is 15.9. The number of carbonyl (C=O) groups is 2. The van der Waals surface area contributed by atoms with E-state index in [9.17, 15) is 9.59 Å². The fraction of sp³-hybridized carbons (Fsp3) is 0.192. The Kier molecular flexibility index (Phi) is 6.13. The van der Waals surface area contributed by atoms with Crippen LogP contribution in [0.2, 0.25) is 0 Å². The van der Waals surface area contributed by atoms with E-state index in [1.165, 1.54) is 12.0 Å². The smallest absolute Gasteiger partial charge is 0.278 e. The van der Waals surface area contributed by atoms with Crippen LogP contribution in [0.25, 0.3) is 5.57 Å². The zero-order valence-corrected chi connectivity index (χ0v) is 19.0. The Labute approximate surface area is 192 Å². The predicted molar refractivity (Wildman–Crippen MR) is 126 cm³/mol. The molecule has 1 aliphatic rings. The number of nitrogens with one attached hydrogen (secondary N) is 1. The number of anilines is 1. The molecule has 7 nitrogen and oxygen atoms in total. The third-order valence-electron chi connectivity index (χ3n) is 5.54. The lowest BCUT2D eigenvalue weighted by Crippen LogP contribution is -2.32. The van der Waals surface area contributed by atoms with Gasteiger partial charge in [0.05, 0.1) is 32.0 Å². The first-order valence-corrected chi connectivity index (χ1v) is 10.5. The molecular formula is C26H25N3O4. The van der Waals surface area contributed by atoms with Crippen molar-refractivity contribution in [3.63, 3.8) is 0 Å². The van der Waals surface area contributed by atoms with Gasteiger partial charge < -0.3 is 14.8 Å². The molecule has 0 unspecified atom stereocenters. The maximum atomic E-state index is 13.5. The molecule has 0 aliphatic carbocycles. The van der Waals surface area contributed by atoms with Crippen molar-refractivity contribution in [2.75, 3.05) is 19.5 Å². The van der Waals surface area contributed by atoms with Crippen LogP contribution in [0.1, 0.15) is 22.4 Å². The lowest BCUT2D eigenvalue weighted by molar-refractivity contribution is -0.137. The number of hydrogen-bond donors (Lipinski definition) is 1. The van der Waals surface area contributed by atoms with Gasteiger partial charge in [-0.15, -0.1) is 0 Å². The average molecular weight is 444 g/mol. The number of hydrogen-bond acceptors (Lipinski definition) is 6. The summed E-state index contributed by atoms with van der Waals surface area (Å²) in [5.41, 5.74) is 4.45. The van der Waals surface area contributed by atoms with Crippen LogP contribution in [-0.2, 0) is 16.1 Å². The second kappa shape index (κ2) is 9.16. The molecular weight excluding hydrogens is 418 g/mol. The predicted octanol–water partition coefficient (Wildman–Crippen LogP) is 4.11. The van der Waals surface area contributed by atoms with E-state index in [-0.39, 0.29) is 17.8 Å². The highest BCUT2D eigenvalue weighted by molar-refractivity contribution is 6.36. The Morgan fingerprint density at radius 3 is 2.39 bits per heavy atom. The quantitative estimate of drug-likeness (QED) is 0.554. The first kappa shape index (κ1) is 22.1. The van der Waals surface area contributed by atoms with Crippen LogP contribution in [-0.4, -0.2) is 35.9 Å². The standard InChI is InChI=1S/C26H25N3O4/c1-16-8-9-17(2)20(13-16)28-24-23(18-10-11-21(32-3)22(14-18)33-4)25(30)29(26(24)31)15-19-7-5-6-12-27-19/h5-14,28H,15H2,1-4H3. The van der Waals surface area contributed by atoms with Gasteiger partial charge in [-0.05, 0) is 60.9 Å². The van der Waals surface area contributed by atoms with Crippen molar-refractivity contribution in [2.24, 2.45) is 0 Å². The molecule has 33 heavy (non-hydrogen) atoms. The molecule has 3 aromatic rings. The number of methoxy groups -OCH3 is 2. The molecule has 1 aliphatic heterocycles. The summed E-state index contributed by atoms with van der Waals surface area (Å²) >= 11 is 0. The van der Waals surface area contributed by atoms with Gasteiger partial charge in [0.2, 0.25) is 0 Å². The van der Waals surface area contributed by atoms with Crippen molar-refractivity contribution < 1.29 is 19.1 Å². The molecule has 2 amide bonds. The summed E-state index contributed by atoms with van der Waals surface area (Å²) < 4.78 is 10.7. The zero-order valence-electron chi connectivity index (χ0n) is 19.0. The number of pyridine rings is 1. The minimum atomic E-state index is -0.406. The van der Waals surface area contributed by atoms with E-state index < -0.39 is 11.8 Å². The van der Waals surface area contributed by atoms with Crippen LogP contribution in [0.3, 0.4) is 0 Å². The number of aryl methyl sites for hydroxylation is 2. The number of amides is 2. The Balaban J connectivity index is 1.81. The van der Waals surface area contributed by atoms with E-state index in [4.69, 9.17) is 9.47 Å². The minimum Gasteiger partial charge on any atom is -0.493 e. The summed E-state index contributed by atoms with van der Waals surface area (Å²) in [5.74, 6) is 0.201. The van der Waals surface area contributed by atoms with E-state index >= 15 is 0 Å². The highest BCUT2D eigenvalue weighted by atomic mass is 16.5. The van der Waals surface area contributed by atoms with Gasteiger partial charge in [0.15, 0.2) is 11.5 Å². The third kappa shape index (κ3) is 4.30. The minimum absolute atomic E-state index is 0.0767. The van der Waals surface area contributed by atoms with Crippen molar-refractivity contribution in [1.82, 2.24) is 9.88 Å². The molecule has 168 valence electrons. The highest BCUT2D eigenvalue weighted by Crippen LogP contribution is 2.36.